The number of carbonyl (C=O) groups excluding carboxylic acids is 1. The lowest BCUT2D eigenvalue weighted by atomic mass is 10.1. The van der Waals surface area contributed by atoms with E-state index in [9.17, 15) is 9.18 Å². The van der Waals surface area contributed by atoms with E-state index in [1.165, 1.54) is 23.9 Å². The molecule has 0 spiro atoms. The van der Waals surface area contributed by atoms with E-state index in [1.54, 1.807) is 6.07 Å². The number of hydrogen-bond donors (Lipinski definition) is 1. The highest BCUT2D eigenvalue weighted by molar-refractivity contribution is 9.10. The largest absolute Gasteiger partial charge is 0.325 e. The molecule has 2 aromatic rings. The van der Waals surface area contributed by atoms with E-state index in [4.69, 9.17) is 0 Å². The molecule has 116 valence electrons. The van der Waals surface area contributed by atoms with Gasteiger partial charge in [0.25, 0.3) is 0 Å². The van der Waals surface area contributed by atoms with Gasteiger partial charge in [-0.15, -0.1) is 11.8 Å². The number of halogens is 2. The molecule has 0 aromatic heterocycles. The van der Waals surface area contributed by atoms with Gasteiger partial charge in [-0.05, 0) is 35.7 Å². The highest BCUT2D eigenvalue weighted by atomic mass is 79.9. The van der Waals surface area contributed by atoms with Gasteiger partial charge in [0.15, 0.2) is 0 Å². The first-order valence-corrected chi connectivity index (χ1v) is 8.94. The molecule has 0 atom stereocenters. The summed E-state index contributed by atoms with van der Waals surface area (Å²) in [7, 11) is 0. The minimum Gasteiger partial charge on any atom is -0.325 e. The second-order valence-corrected chi connectivity index (χ2v) is 6.63. The second kappa shape index (κ2) is 8.34. The van der Waals surface area contributed by atoms with Crippen LogP contribution >= 0.6 is 27.7 Å². The molecule has 5 heteroatoms. The molecular formula is C17H17BrFNOS. The van der Waals surface area contributed by atoms with Gasteiger partial charge < -0.3 is 5.32 Å². The molecule has 0 aliphatic heterocycles. The average Bonchev–Trinajstić information content (AvgIpc) is 2.50. The lowest BCUT2D eigenvalue weighted by Gasteiger charge is -2.10. The van der Waals surface area contributed by atoms with Crippen molar-refractivity contribution in [1.82, 2.24) is 0 Å². The Kier molecular flexibility index (Phi) is 6.46. The zero-order valence-corrected chi connectivity index (χ0v) is 14.6. The summed E-state index contributed by atoms with van der Waals surface area (Å²) in [6.07, 6.45) is 0.881. The summed E-state index contributed by atoms with van der Waals surface area (Å²) < 4.78 is 13.7. The van der Waals surface area contributed by atoms with Gasteiger partial charge in [-0.25, -0.2) is 4.39 Å². The minimum atomic E-state index is -0.269. The Bertz CT molecular complexity index is 663. The number of thioether (sulfide) groups is 1. The van der Waals surface area contributed by atoms with Gasteiger partial charge in [0.2, 0.25) is 5.91 Å². The normalized spacial score (nSPS) is 10.5. The predicted molar refractivity (Wildman–Crippen MR) is 94.7 cm³/mol. The first-order chi connectivity index (χ1) is 10.6. The van der Waals surface area contributed by atoms with Crippen molar-refractivity contribution in [2.24, 2.45) is 0 Å². The van der Waals surface area contributed by atoms with E-state index in [1.807, 2.05) is 24.3 Å². The van der Waals surface area contributed by atoms with E-state index >= 15 is 0 Å². The summed E-state index contributed by atoms with van der Waals surface area (Å²) in [6.45, 7) is 2.06. The number of aryl methyl sites for hydroxylation is 1. The van der Waals surface area contributed by atoms with Crippen LogP contribution in [0.1, 0.15) is 18.1 Å². The third-order valence-corrected chi connectivity index (χ3v) is 4.90. The van der Waals surface area contributed by atoms with Crippen LogP contribution in [0.4, 0.5) is 10.1 Å². The first-order valence-electron chi connectivity index (χ1n) is 6.99. The minimum absolute atomic E-state index is 0.0239. The highest BCUT2D eigenvalue weighted by Crippen LogP contribution is 2.23. The SMILES string of the molecule is CCc1ccccc1NC(=O)CSCc1ccc(F)cc1Br. The summed E-state index contributed by atoms with van der Waals surface area (Å²) in [6, 6.07) is 12.4. The van der Waals surface area contributed by atoms with E-state index < -0.39 is 0 Å². The van der Waals surface area contributed by atoms with Crippen molar-refractivity contribution >= 4 is 39.3 Å². The summed E-state index contributed by atoms with van der Waals surface area (Å²) in [5.74, 6) is 0.727. The zero-order valence-electron chi connectivity index (χ0n) is 12.2. The van der Waals surface area contributed by atoms with Crippen molar-refractivity contribution in [2.75, 3.05) is 11.1 Å². The number of nitrogens with one attached hydrogen (secondary N) is 1. The Morgan fingerprint density at radius 3 is 2.73 bits per heavy atom. The Morgan fingerprint density at radius 1 is 1.23 bits per heavy atom. The van der Waals surface area contributed by atoms with E-state index in [-0.39, 0.29) is 11.7 Å². The quantitative estimate of drug-likeness (QED) is 0.760. The molecule has 0 unspecified atom stereocenters. The summed E-state index contributed by atoms with van der Waals surface area (Å²) >= 11 is 4.84. The van der Waals surface area contributed by atoms with Crippen LogP contribution in [0.15, 0.2) is 46.9 Å². The maximum Gasteiger partial charge on any atom is 0.234 e. The van der Waals surface area contributed by atoms with Gasteiger partial charge in [-0.2, -0.15) is 0 Å². The van der Waals surface area contributed by atoms with Crippen LogP contribution in [0, 0.1) is 5.82 Å². The average molecular weight is 382 g/mol. The Balaban J connectivity index is 1.85. The predicted octanol–water partition coefficient (Wildman–Crippen LogP) is 5.02. The molecule has 0 saturated carbocycles. The fourth-order valence-electron chi connectivity index (χ4n) is 2.03. The maximum absolute atomic E-state index is 13.0. The molecule has 0 saturated heterocycles. The Morgan fingerprint density at radius 2 is 2.00 bits per heavy atom. The molecular weight excluding hydrogens is 365 g/mol. The molecule has 1 amide bonds. The van der Waals surface area contributed by atoms with Crippen LogP contribution in [-0.4, -0.2) is 11.7 Å². The number of amides is 1. The van der Waals surface area contributed by atoms with Gasteiger partial charge in [0.05, 0.1) is 5.75 Å². The van der Waals surface area contributed by atoms with Crippen molar-refractivity contribution in [3.8, 4) is 0 Å². The van der Waals surface area contributed by atoms with E-state index in [0.717, 1.165) is 27.7 Å². The smallest absolute Gasteiger partial charge is 0.234 e. The van der Waals surface area contributed by atoms with Crippen molar-refractivity contribution in [3.63, 3.8) is 0 Å². The number of benzene rings is 2. The first kappa shape index (κ1) is 17.0. The highest BCUT2D eigenvalue weighted by Gasteiger charge is 2.07. The monoisotopic (exact) mass is 381 g/mol. The van der Waals surface area contributed by atoms with Gasteiger partial charge in [0.1, 0.15) is 5.82 Å². The summed E-state index contributed by atoms with van der Waals surface area (Å²) in [5, 5.41) is 2.94. The molecule has 22 heavy (non-hydrogen) atoms. The fourth-order valence-corrected chi connectivity index (χ4v) is 3.54. The van der Waals surface area contributed by atoms with Crippen LogP contribution in [0.2, 0.25) is 0 Å². The maximum atomic E-state index is 13.0. The van der Waals surface area contributed by atoms with Crippen LogP contribution in [0.3, 0.4) is 0 Å². The van der Waals surface area contributed by atoms with Crippen molar-refractivity contribution in [2.45, 2.75) is 19.1 Å². The van der Waals surface area contributed by atoms with Crippen LogP contribution in [0.25, 0.3) is 0 Å². The third kappa shape index (κ3) is 4.85. The lowest BCUT2D eigenvalue weighted by Crippen LogP contribution is -2.15. The second-order valence-electron chi connectivity index (χ2n) is 4.79. The summed E-state index contributed by atoms with van der Waals surface area (Å²) in [5.41, 5.74) is 2.98. The topological polar surface area (TPSA) is 29.1 Å². The molecule has 0 radical (unpaired) electrons. The molecule has 0 bridgehead atoms. The van der Waals surface area contributed by atoms with E-state index in [0.29, 0.717) is 11.5 Å². The fraction of sp³-hybridized carbons (Fsp3) is 0.235. The lowest BCUT2D eigenvalue weighted by molar-refractivity contribution is -0.113. The molecule has 2 aromatic carbocycles. The van der Waals surface area contributed by atoms with E-state index in [2.05, 4.69) is 28.2 Å². The third-order valence-electron chi connectivity index (χ3n) is 3.18. The van der Waals surface area contributed by atoms with Gasteiger partial charge >= 0.3 is 0 Å². The number of rotatable bonds is 6. The number of anilines is 1. The van der Waals surface area contributed by atoms with Crippen LogP contribution in [-0.2, 0) is 17.0 Å². The molecule has 0 aliphatic carbocycles. The number of para-hydroxylation sites is 1. The molecule has 1 N–H and O–H groups in total. The molecule has 2 rings (SSSR count). The van der Waals surface area contributed by atoms with Gasteiger partial charge in [0, 0.05) is 15.9 Å². The van der Waals surface area contributed by atoms with Gasteiger partial charge in [-0.1, -0.05) is 47.1 Å². The molecule has 2 nitrogen and oxygen atoms in total. The molecule has 0 aliphatic rings. The van der Waals surface area contributed by atoms with Gasteiger partial charge in [-0.3, -0.25) is 4.79 Å². The van der Waals surface area contributed by atoms with Crippen molar-refractivity contribution in [1.29, 1.82) is 0 Å². The zero-order chi connectivity index (χ0) is 15.9. The van der Waals surface area contributed by atoms with Crippen molar-refractivity contribution in [3.05, 3.63) is 63.9 Å². The Hall–Kier alpha value is -1.33. The van der Waals surface area contributed by atoms with Crippen LogP contribution in [0.5, 0.6) is 0 Å². The standard InChI is InChI=1S/C17H17BrFNOS/c1-2-12-5-3-4-6-16(12)20-17(21)11-22-10-13-7-8-14(19)9-15(13)18/h3-9H,2,10-11H2,1H3,(H,20,21). The summed E-state index contributed by atoms with van der Waals surface area (Å²) in [4.78, 5) is 12.0. The molecule has 0 fully saturated rings. The Labute approximate surface area is 142 Å². The van der Waals surface area contributed by atoms with Crippen LogP contribution < -0.4 is 5.32 Å². The number of carbonyl (C=O) groups is 1. The number of hydrogen-bond acceptors (Lipinski definition) is 2. The molecule has 0 heterocycles. The van der Waals surface area contributed by atoms with Crippen molar-refractivity contribution < 1.29 is 9.18 Å².